The molecule has 1 amide bonds. The van der Waals surface area contributed by atoms with E-state index in [1.54, 1.807) is 22.8 Å². The van der Waals surface area contributed by atoms with E-state index >= 15 is 0 Å². The molecule has 29 heavy (non-hydrogen) atoms. The summed E-state index contributed by atoms with van der Waals surface area (Å²) in [6.07, 6.45) is 4.02. The van der Waals surface area contributed by atoms with E-state index in [0.29, 0.717) is 47.2 Å². The highest BCUT2D eigenvalue weighted by molar-refractivity contribution is 7.99. The summed E-state index contributed by atoms with van der Waals surface area (Å²) in [6.45, 7) is 7.80. The molecule has 0 saturated heterocycles. The van der Waals surface area contributed by atoms with Gasteiger partial charge >= 0.3 is 0 Å². The van der Waals surface area contributed by atoms with Gasteiger partial charge in [-0.1, -0.05) is 43.1 Å². The van der Waals surface area contributed by atoms with Crippen molar-refractivity contribution in [1.82, 2.24) is 14.9 Å². The maximum absolute atomic E-state index is 13.0. The number of aromatic nitrogens is 2. The molecule has 0 atom stereocenters. The SMILES string of the molecule is CCCCCNC(=O)CSc1nc2cc(Cl)ccc2c(=O)n1CCCOC(C)C. The molecule has 8 heteroatoms. The molecule has 0 unspecified atom stereocenters. The van der Waals surface area contributed by atoms with Crippen molar-refractivity contribution in [3.8, 4) is 0 Å². The predicted molar refractivity (Wildman–Crippen MR) is 120 cm³/mol. The summed E-state index contributed by atoms with van der Waals surface area (Å²) in [5.74, 6) is 0.161. The van der Waals surface area contributed by atoms with Crippen LogP contribution < -0.4 is 10.9 Å². The third-order valence-corrected chi connectivity index (χ3v) is 5.51. The van der Waals surface area contributed by atoms with Gasteiger partial charge in [-0.3, -0.25) is 14.2 Å². The Bertz CT molecular complexity index is 870. The fourth-order valence-corrected chi connectivity index (χ4v) is 3.83. The number of hydrogen-bond donors (Lipinski definition) is 1. The molecular formula is C21H30ClN3O3S. The first kappa shape index (κ1) is 23.7. The van der Waals surface area contributed by atoms with Crippen molar-refractivity contribution in [2.24, 2.45) is 0 Å². The van der Waals surface area contributed by atoms with Gasteiger partial charge in [0.05, 0.1) is 22.8 Å². The quantitative estimate of drug-likeness (QED) is 0.304. The Kier molecular flexibility index (Phi) is 9.97. The van der Waals surface area contributed by atoms with E-state index in [1.165, 1.54) is 11.8 Å². The molecule has 1 N–H and O–H groups in total. The van der Waals surface area contributed by atoms with Crippen LogP contribution in [0.15, 0.2) is 28.2 Å². The van der Waals surface area contributed by atoms with Gasteiger partial charge in [-0.25, -0.2) is 4.98 Å². The lowest BCUT2D eigenvalue weighted by Crippen LogP contribution is -2.28. The third kappa shape index (κ3) is 7.64. The number of carbonyl (C=O) groups excluding carboxylic acids is 1. The Hall–Kier alpha value is -1.57. The fraction of sp³-hybridized carbons (Fsp3) is 0.571. The molecule has 0 aliphatic carbocycles. The van der Waals surface area contributed by atoms with Crippen molar-refractivity contribution in [2.45, 2.75) is 64.3 Å². The number of nitrogens with zero attached hydrogens (tertiary/aromatic N) is 2. The average Bonchev–Trinajstić information content (AvgIpc) is 2.68. The Morgan fingerprint density at radius 1 is 1.31 bits per heavy atom. The number of halogens is 1. The molecule has 1 aromatic heterocycles. The van der Waals surface area contributed by atoms with Crippen LogP contribution in [-0.2, 0) is 16.1 Å². The first-order chi connectivity index (χ1) is 13.9. The molecule has 0 saturated carbocycles. The van der Waals surface area contributed by atoms with Gasteiger partial charge in [0.1, 0.15) is 0 Å². The number of fused-ring (bicyclic) bond motifs is 1. The normalized spacial score (nSPS) is 11.3. The highest BCUT2D eigenvalue weighted by atomic mass is 35.5. The maximum Gasteiger partial charge on any atom is 0.262 e. The van der Waals surface area contributed by atoms with Crippen LogP contribution >= 0.6 is 23.4 Å². The average molecular weight is 440 g/mol. The van der Waals surface area contributed by atoms with Crippen LogP contribution in [0.1, 0.15) is 46.5 Å². The second-order valence-corrected chi connectivity index (χ2v) is 8.51. The number of amides is 1. The summed E-state index contributed by atoms with van der Waals surface area (Å²) in [6, 6.07) is 5.07. The van der Waals surface area contributed by atoms with Crippen LogP contribution in [-0.4, -0.2) is 40.5 Å². The molecule has 0 bridgehead atoms. The van der Waals surface area contributed by atoms with Crippen molar-refractivity contribution in [1.29, 1.82) is 0 Å². The van der Waals surface area contributed by atoms with Crippen LogP contribution in [0.4, 0.5) is 0 Å². The maximum atomic E-state index is 13.0. The number of benzene rings is 1. The molecule has 0 aliphatic rings. The van der Waals surface area contributed by atoms with E-state index in [-0.39, 0.29) is 23.3 Å². The van der Waals surface area contributed by atoms with E-state index in [2.05, 4.69) is 17.2 Å². The van der Waals surface area contributed by atoms with E-state index in [9.17, 15) is 9.59 Å². The molecule has 2 rings (SSSR count). The second-order valence-electron chi connectivity index (χ2n) is 7.13. The Morgan fingerprint density at radius 2 is 2.10 bits per heavy atom. The minimum atomic E-state index is -0.123. The van der Waals surface area contributed by atoms with Crippen molar-refractivity contribution in [2.75, 3.05) is 18.9 Å². The molecular weight excluding hydrogens is 410 g/mol. The van der Waals surface area contributed by atoms with E-state index < -0.39 is 0 Å². The predicted octanol–water partition coefficient (Wildman–Crippen LogP) is 4.26. The highest BCUT2D eigenvalue weighted by Gasteiger charge is 2.14. The van der Waals surface area contributed by atoms with Gasteiger partial charge in [0, 0.05) is 24.7 Å². The Labute approximate surface area is 181 Å². The molecule has 0 radical (unpaired) electrons. The summed E-state index contributed by atoms with van der Waals surface area (Å²) >= 11 is 7.34. The zero-order valence-electron chi connectivity index (χ0n) is 17.4. The van der Waals surface area contributed by atoms with Crippen LogP contribution in [0.2, 0.25) is 5.02 Å². The summed E-state index contributed by atoms with van der Waals surface area (Å²) in [5.41, 5.74) is 0.421. The molecule has 1 aromatic carbocycles. The van der Waals surface area contributed by atoms with E-state index in [4.69, 9.17) is 16.3 Å². The number of ether oxygens (including phenoxy) is 1. The van der Waals surface area contributed by atoms with Gasteiger partial charge in [0.15, 0.2) is 5.16 Å². The standard InChI is InChI=1S/C21H30ClN3O3S/c1-4-5-6-10-23-19(26)14-29-21-24-18-13-16(22)8-9-17(18)20(27)25(21)11-7-12-28-15(2)3/h8-9,13,15H,4-7,10-12,14H2,1-3H3,(H,23,26). The van der Waals surface area contributed by atoms with Gasteiger partial charge in [-0.2, -0.15) is 0 Å². The number of hydrogen-bond acceptors (Lipinski definition) is 5. The molecule has 160 valence electrons. The van der Waals surface area contributed by atoms with Gasteiger partial charge in [0.25, 0.3) is 5.56 Å². The van der Waals surface area contributed by atoms with Gasteiger partial charge < -0.3 is 10.1 Å². The van der Waals surface area contributed by atoms with E-state index in [1.807, 2.05) is 13.8 Å². The van der Waals surface area contributed by atoms with Crippen molar-refractivity contribution in [3.63, 3.8) is 0 Å². The highest BCUT2D eigenvalue weighted by Crippen LogP contribution is 2.20. The molecule has 0 spiro atoms. The van der Waals surface area contributed by atoms with Gasteiger partial charge in [-0.05, 0) is 44.9 Å². The molecule has 0 fully saturated rings. The monoisotopic (exact) mass is 439 g/mol. The zero-order valence-corrected chi connectivity index (χ0v) is 18.9. The zero-order chi connectivity index (χ0) is 21.2. The third-order valence-electron chi connectivity index (χ3n) is 4.29. The second kappa shape index (κ2) is 12.2. The lowest BCUT2D eigenvalue weighted by Gasteiger charge is -2.14. The number of thioether (sulfide) groups is 1. The fourth-order valence-electron chi connectivity index (χ4n) is 2.81. The largest absolute Gasteiger partial charge is 0.379 e. The summed E-state index contributed by atoms with van der Waals surface area (Å²) in [5, 5.41) is 4.49. The van der Waals surface area contributed by atoms with Crippen LogP contribution in [0, 0.1) is 0 Å². The Morgan fingerprint density at radius 3 is 2.83 bits per heavy atom. The van der Waals surface area contributed by atoms with E-state index in [0.717, 1.165) is 19.3 Å². The number of unbranched alkanes of at least 4 members (excludes halogenated alkanes) is 2. The summed E-state index contributed by atoms with van der Waals surface area (Å²) < 4.78 is 7.22. The number of nitrogens with one attached hydrogen (secondary N) is 1. The van der Waals surface area contributed by atoms with Gasteiger partial charge in [0.2, 0.25) is 5.91 Å². The van der Waals surface area contributed by atoms with Gasteiger partial charge in [-0.15, -0.1) is 0 Å². The molecule has 1 heterocycles. The van der Waals surface area contributed by atoms with Crippen LogP contribution in [0.25, 0.3) is 10.9 Å². The number of carbonyl (C=O) groups is 1. The Balaban J connectivity index is 2.15. The smallest absolute Gasteiger partial charge is 0.262 e. The topological polar surface area (TPSA) is 73.2 Å². The van der Waals surface area contributed by atoms with Crippen LogP contribution in [0.5, 0.6) is 0 Å². The van der Waals surface area contributed by atoms with Crippen molar-refractivity contribution in [3.05, 3.63) is 33.6 Å². The molecule has 6 nitrogen and oxygen atoms in total. The van der Waals surface area contributed by atoms with Crippen molar-refractivity contribution >= 4 is 40.2 Å². The minimum Gasteiger partial charge on any atom is -0.379 e. The summed E-state index contributed by atoms with van der Waals surface area (Å²) in [7, 11) is 0. The minimum absolute atomic E-state index is 0.0544. The number of rotatable bonds is 12. The lowest BCUT2D eigenvalue weighted by atomic mass is 10.2. The molecule has 2 aromatic rings. The molecule has 0 aliphatic heterocycles. The first-order valence-electron chi connectivity index (χ1n) is 10.1. The first-order valence-corrected chi connectivity index (χ1v) is 11.5. The lowest BCUT2D eigenvalue weighted by molar-refractivity contribution is -0.118. The van der Waals surface area contributed by atoms with Crippen molar-refractivity contribution < 1.29 is 9.53 Å². The summed E-state index contributed by atoms with van der Waals surface area (Å²) in [4.78, 5) is 29.8. The van der Waals surface area contributed by atoms with Crippen LogP contribution in [0.3, 0.4) is 0 Å².